The second kappa shape index (κ2) is 7.92. The van der Waals surface area contributed by atoms with E-state index in [-0.39, 0.29) is 6.54 Å². The number of aliphatic carboxylic acids is 1. The molecule has 31 heavy (non-hydrogen) atoms. The molecule has 2 N–H and O–H groups in total. The summed E-state index contributed by atoms with van der Waals surface area (Å²) in [6, 6.07) is 13.3. The molecule has 0 amide bonds. The van der Waals surface area contributed by atoms with Crippen LogP contribution >= 0.6 is 0 Å². The third-order valence-corrected chi connectivity index (χ3v) is 7.73. The fourth-order valence-electron chi connectivity index (χ4n) is 4.48. The van der Waals surface area contributed by atoms with Crippen LogP contribution in [-0.2, 0) is 34.2 Å². The van der Waals surface area contributed by atoms with E-state index in [0.717, 1.165) is 33.4 Å². The number of hydrogen-bond acceptors (Lipinski definition) is 4. The number of sulfonamides is 1. The number of nitrogens with one attached hydrogen (secondary N) is 1. The monoisotopic (exact) mass is 441 g/mol. The van der Waals surface area contributed by atoms with Crippen molar-refractivity contribution in [2.45, 2.75) is 38.0 Å². The molecule has 0 aliphatic heterocycles. The molecule has 0 radical (unpaired) electrons. The number of benzene rings is 2. The molecule has 1 aliphatic rings. The van der Waals surface area contributed by atoms with Crippen LogP contribution in [0.5, 0.6) is 0 Å². The van der Waals surface area contributed by atoms with Crippen LogP contribution in [-0.4, -0.2) is 43.4 Å². The van der Waals surface area contributed by atoms with Crippen LogP contribution in [0.1, 0.15) is 23.2 Å². The Morgan fingerprint density at radius 1 is 1.23 bits per heavy atom. The van der Waals surface area contributed by atoms with Gasteiger partial charge >= 0.3 is 5.97 Å². The molecule has 0 saturated heterocycles. The predicted molar refractivity (Wildman–Crippen MR) is 123 cm³/mol. The molecule has 1 heterocycles. The highest BCUT2D eigenvalue weighted by atomic mass is 32.2. The lowest BCUT2D eigenvalue weighted by Crippen LogP contribution is -2.34. The molecule has 1 aromatic heterocycles. The highest BCUT2D eigenvalue weighted by Crippen LogP contribution is 2.35. The molecule has 7 nitrogen and oxygen atoms in total. The number of carbonyl (C=O) groups is 1. The van der Waals surface area contributed by atoms with Crippen molar-refractivity contribution >= 4 is 38.3 Å². The normalized spacial score (nSPS) is 16.2. The summed E-state index contributed by atoms with van der Waals surface area (Å²) in [4.78, 5) is 13.3. The van der Waals surface area contributed by atoms with Crippen molar-refractivity contribution < 1.29 is 18.3 Å². The Morgan fingerprint density at radius 2 is 1.97 bits per heavy atom. The third kappa shape index (κ3) is 3.99. The van der Waals surface area contributed by atoms with Crippen molar-refractivity contribution in [2.24, 2.45) is 0 Å². The lowest BCUT2D eigenvalue weighted by molar-refractivity contribution is -0.137. The van der Waals surface area contributed by atoms with E-state index in [0.29, 0.717) is 24.9 Å². The number of carboxylic acid groups (broad SMARTS) is 1. The number of carboxylic acids is 1. The Balaban J connectivity index is 1.68. The zero-order valence-electron chi connectivity index (χ0n) is 17.9. The largest absolute Gasteiger partial charge is 0.480 e. The maximum Gasteiger partial charge on any atom is 0.323 e. The van der Waals surface area contributed by atoms with Gasteiger partial charge in [0.05, 0.1) is 16.6 Å². The first-order valence-corrected chi connectivity index (χ1v) is 11.8. The maximum absolute atomic E-state index is 13.3. The average molecular weight is 442 g/mol. The van der Waals surface area contributed by atoms with Crippen molar-refractivity contribution in [1.29, 1.82) is 0 Å². The number of aromatic nitrogens is 1. The Labute approximate surface area is 182 Å². The van der Waals surface area contributed by atoms with Crippen molar-refractivity contribution in [2.75, 3.05) is 23.7 Å². The molecule has 2 aromatic carbocycles. The van der Waals surface area contributed by atoms with E-state index in [9.17, 15) is 18.3 Å². The Bertz CT molecular complexity index is 1260. The molecule has 1 aliphatic carbocycles. The van der Waals surface area contributed by atoms with Gasteiger partial charge in [-0.1, -0.05) is 24.3 Å². The van der Waals surface area contributed by atoms with Crippen LogP contribution in [0, 0.1) is 6.92 Å². The van der Waals surface area contributed by atoms with Gasteiger partial charge in [-0.2, -0.15) is 0 Å². The molecule has 0 spiro atoms. The van der Waals surface area contributed by atoms with Crippen molar-refractivity contribution in [3.05, 3.63) is 59.3 Å². The SMILES string of the molecule is Cc1ccc(NS(=O)(=O)C2CCc3c(c4ccccc4n3CC(=O)O)C2)c(N(C)C)c1. The van der Waals surface area contributed by atoms with Crippen LogP contribution in [0.2, 0.25) is 0 Å². The fourth-order valence-corrected chi connectivity index (χ4v) is 5.94. The van der Waals surface area contributed by atoms with E-state index in [2.05, 4.69) is 4.72 Å². The minimum atomic E-state index is -3.63. The predicted octanol–water partition coefficient (Wildman–Crippen LogP) is 3.40. The van der Waals surface area contributed by atoms with Crippen molar-refractivity contribution in [3.63, 3.8) is 0 Å². The van der Waals surface area contributed by atoms with E-state index < -0.39 is 21.2 Å². The van der Waals surface area contributed by atoms with Gasteiger partial charge in [-0.05, 0) is 55.5 Å². The topological polar surface area (TPSA) is 91.6 Å². The molecule has 8 heteroatoms. The van der Waals surface area contributed by atoms with Gasteiger partial charge < -0.3 is 14.6 Å². The molecule has 164 valence electrons. The molecule has 0 fully saturated rings. The summed E-state index contributed by atoms with van der Waals surface area (Å²) in [6.07, 6.45) is 1.33. The quantitative estimate of drug-likeness (QED) is 0.612. The van der Waals surface area contributed by atoms with E-state index in [4.69, 9.17) is 0 Å². The maximum atomic E-state index is 13.3. The number of anilines is 2. The number of aryl methyl sites for hydroxylation is 1. The summed E-state index contributed by atoms with van der Waals surface area (Å²) in [7, 11) is 0.139. The molecule has 1 unspecified atom stereocenters. The van der Waals surface area contributed by atoms with E-state index in [1.54, 1.807) is 6.07 Å². The molecule has 0 saturated carbocycles. The molecular weight excluding hydrogens is 414 g/mol. The number of hydrogen-bond donors (Lipinski definition) is 2. The summed E-state index contributed by atoms with van der Waals surface area (Å²) < 4.78 is 31.3. The first-order valence-electron chi connectivity index (χ1n) is 10.3. The first kappa shape index (κ1) is 21.2. The van der Waals surface area contributed by atoms with Gasteiger partial charge in [0.2, 0.25) is 10.0 Å². The Kier molecular flexibility index (Phi) is 5.43. The standard InChI is InChI=1S/C23H27N3O4S/c1-15-8-10-19(22(12-15)25(2)3)24-31(29,30)16-9-11-21-18(13-16)17-6-4-5-7-20(17)26(21)14-23(27)28/h4-8,10,12,16,24H,9,11,13-14H2,1-3H3,(H,27,28). The van der Waals surface area contributed by atoms with Crippen molar-refractivity contribution in [3.8, 4) is 0 Å². The summed E-state index contributed by atoms with van der Waals surface area (Å²) in [5.74, 6) is -0.907. The van der Waals surface area contributed by atoms with Crippen LogP contribution in [0.3, 0.4) is 0 Å². The molecule has 4 rings (SSSR count). The van der Waals surface area contributed by atoms with Gasteiger partial charge in [-0.3, -0.25) is 9.52 Å². The van der Waals surface area contributed by atoms with E-state index >= 15 is 0 Å². The Morgan fingerprint density at radius 3 is 2.68 bits per heavy atom. The molecule has 3 aromatic rings. The van der Waals surface area contributed by atoms with Gasteiger partial charge in [0.1, 0.15) is 6.54 Å². The van der Waals surface area contributed by atoms with Crippen LogP contribution < -0.4 is 9.62 Å². The van der Waals surface area contributed by atoms with Crippen LogP contribution in [0.4, 0.5) is 11.4 Å². The fraction of sp³-hybridized carbons (Fsp3) is 0.348. The second-order valence-corrected chi connectivity index (χ2v) is 10.3. The lowest BCUT2D eigenvalue weighted by Gasteiger charge is -2.26. The summed E-state index contributed by atoms with van der Waals surface area (Å²) in [5, 5.41) is 9.70. The minimum absolute atomic E-state index is 0.124. The van der Waals surface area contributed by atoms with Gasteiger partial charge in [0, 0.05) is 30.7 Å². The van der Waals surface area contributed by atoms with Gasteiger partial charge in [0.15, 0.2) is 0 Å². The lowest BCUT2D eigenvalue weighted by atomic mass is 9.95. The van der Waals surface area contributed by atoms with E-state index in [1.165, 1.54) is 0 Å². The second-order valence-electron chi connectivity index (χ2n) is 8.35. The van der Waals surface area contributed by atoms with Gasteiger partial charge in [0.25, 0.3) is 0 Å². The average Bonchev–Trinajstić information content (AvgIpc) is 3.02. The Hall–Kier alpha value is -3.00. The van der Waals surface area contributed by atoms with Crippen molar-refractivity contribution in [1.82, 2.24) is 4.57 Å². The van der Waals surface area contributed by atoms with E-state index in [1.807, 2.05) is 66.9 Å². The molecule has 1 atom stereocenters. The first-order chi connectivity index (χ1) is 14.7. The number of nitrogens with zero attached hydrogens (tertiary/aromatic N) is 2. The number of para-hydroxylation sites is 1. The number of fused-ring (bicyclic) bond motifs is 3. The highest BCUT2D eigenvalue weighted by Gasteiger charge is 2.34. The van der Waals surface area contributed by atoms with Crippen LogP contribution in [0.25, 0.3) is 10.9 Å². The highest BCUT2D eigenvalue weighted by molar-refractivity contribution is 7.93. The summed E-state index contributed by atoms with van der Waals surface area (Å²) in [6.45, 7) is 1.85. The smallest absolute Gasteiger partial charge is 0.323 e. The molecule has 0 bridgehead atoms. The molecular formula is C23H27N3O4S. The van der Waals surface area contributed by atoms with Gasteiger partial charge in [-0.25, -0.2) is 8.42 Å². The summed E-state index contributed by atoms with van der Waals surface area (Å²) >= 11 is 0. The minimum Gasteiger partial charge on any atom is -0.480 e. The van der Waals surface area contributed by atoms with Gasteiger partial charge in [-0.15, -0.1) is 0 Å². The zero-order valence-corrected chi connectivity index (χ0v) is 18.7. The third-order valence-electron chi connectivity index (χ3n) is 5.95. The van der Waals surface area contributed by atoms with Crippen LogP contribution in [0.15, 0.2) is 42.5 Å². The zero-order chi connectivity index (χ0) is 22.3. The summed E-state index contributed by atoms with van der Waals surface area (Å²) in [5.41, 5.74) is 5.15. The number of rotatable bonds is 6.